The van der Waals surface area contributed by atoms with E-state index in [-0.39, 0.29) is 18.1 Å². The van der Waals surface area contributed by atoms with Crippen molar-refractivity contribution in [3.8, 4) is 0 Å². The number of pyridine rings is 1. The Morgan fingerprint density at radius 1 is 1.18 bits per heavy atom. The summed E-state index contributed by atoms with van der Waals surface area (Å²) in [5.74, 6) is -0.228. The van der Waals surface area contributed by atoms with Crippen LogP contribution in [-0.4, -0.2) is 23.6 Å². The molecule has 4 heteroatoms. The Balaban J connectivity index is 2.09. The van der Waals surface area contributed by atoms with Crippen LogP contribution in [0.4, 0.5) is 0 Å². The summed E-state index contributed by atoms with van der Waals surface area (Å²) in [5.41, 5.74) is 2.01. The van der Waals surface area contributed by atoms with E-state index in [0.29, 0.717) is 13.0 Å². The Morgan fingerprint density at radius 2 is 1.91 bits per heavy atom. The van der Waals surface area contributed by atoms with Gasteiger partial charge in [0.25, 0.3) is 0 Å². The Labute approximate surface area is 131 Å². The number of carbonyl (C=O) groups excluding carboxylic acids is 1. The maximum absolute atomic E-state index is 12.2. The largest absolute Gasteiger partial charge is 0.465 e. The second-order valence-electron chi connectivity index (χ2n) is 5.14. The number of nitrogens with zero attached hydrogens (tertiary/aromatic N) is 1. The van der Waals surface area contributed by atoms with E-state index < -0.39 is 0 Å². The Hall–Kier alpha value is -2.20. The number of rotatable bonds is 7. The zero-order chi connectivity index (χ0) is 15.8. The molecular weight excluding hydrogens is 276 g/mol. The summed E-state index contributed by atoms with van der Waals surface area (Å²) in [6.45, 7) is 4.20. The van der Waals surface area contributed by atoms with Crippen molar-refractivity contribution in [2.24, 2.45) is 0 Å². The van der Waals surface area contributed by atoms with Crippen LogP contribution in [0.15, 0.2) is 54.7 Å². The Morgan fingerprint density at radius 3 is 2.55 bits per heavy atom. The number of esters is 1. The number of nitrogens with one attached hydrogen (secondary N) is 1. The zero-order valence-corrected chi connectivity index (χ0v) is 13.0. The molecule has 116 valence electrons. The lowest BCUT2D eigenvalue weighted by Gasteiger charge is -2.22. The molecule has 0 spiro atoms. The highest BCUT2D eigenvalue weighted by Gasteiger charge is 2.23. The van der Waals surface area contributed by atoms with E-state index in [1.807, 2.05) is 62.4 Å². The maximum Gasteiger partial charge on any atom is 0.323 e. The molecule has 2 atom stereocenters. The fourth-order valence-corrected chi connectivity index (χ4v) is 2.32. The standard InChI is InChI=1S/C18H22N2O2/c1-3-22-18(21)17(13-15-9-5-4-6-10-15)20-14(2)16-11-7-8-12-19-16/h4-12,14,17,20H,3,13H2,1-2H3/t14-,17+/m1/s1. The van der Waals surface area contributed by atoms with Gasteiger partial charge in [-0.25, -0.2) is 0 Å². The predicted octanol–water partition coefficient (Wildman–Crippen LogP) is 2.91. The molecule has 4 nitrogen and oxygen atoms in total. The molecule has 1 aromatic carbocycles. The Kier molecular flexibility index (Phi) is 6.10. The minimum atomic E-state index is -0.389. The molecule has 0 saturated heterocycles. The van der Waals surface area contributed by atoms with Gasteiger partial charge in [-0.15, -0.1) is 0 Å². The monoisotopic (exact) mass is 298 g/mol. The van der Waals surface area contributed by atoms with Crippen LogP contribution < -0.4 is 5.32 Å². The van der Waals surface area contributed by atoms with Crippen molar-refractivity contribution in [2.45, 2.75) is 32.4 Å². The lowest BCUT2D eigenvalue weighted by molar-refractivity contribution is -0.145. The van der Waals surface area contributed by atoms with Gasteiger partial charge in [0.05, 0.1) is 12.3 Å². The minimum absolute atomic E-state index is 0.0284. The van der Waals surface area contributed by atoms with Gasteiger partial charge in [-0.05, 0) is 38.0 Å². The van der Waals surface area contributed by atoms with Crippen molar-refractivity contribution in [3.05, 3.63) is 66.0 Å². The van der Waals surface area contributed by atoms with Crippen LogP contribution in [0.1, 0.15) is 31.1 Å². The number of hydrogen-bond acceptors (Lipinski definition) is 4. The first-order valence-electron chi connectivity index (χ1n) is 7.58. The van der Waals surface area contributed by atoms with Crippen molar-refractivity contribution in [1.29, 1.82) is 0 Å². The van der Waals surface area contributed by atoms with E-state index in [1.165, 1.54) is 0 Å². The third-order valence-corrected chi connectivity index (χ3v) is 3.44. The van der Waals surface area contributed by atoms with Gasteiger partial charge in [-0.1, -0.05) is 36.4 Å². The van der Waals surface area contributed by atoms with E-state index in [0.717, 1.165) is 11.3 Å². The fourth-order valence-electron chi connectivity index (χ4n) is 2.32. The van der Waals surface area contributed by atoms with Crippen LogP contribution in [-0.2, 0) is 16.0 Å². The first-order chi connectivity index (χ1) is 10.7. The molecule has 0 aliphatic rings. The van der Waals surface area contributed by atoms with E-state index in [2.05, 4.69) is 10.3 Å². The van der Waals surface area contributed by atoms with Crippen molar-refractivity contribution in [1.82, 2.24) is 10.3 Å². The average Bonchev–Trinajstić information content (AvgIpc) is 2.56. The molecule has 1 heterocycles. The lowest BCUT2D eigenvalue weighted by Crippen LogP contribution is -2.41. The summed E-state index contributed by atoms with van der Waals surface area (Å²) in [6.07, 6.45) is 2.35. The van der Waals surface area contributed by atoms with Crippen LogP contribution >= 0.6 is 0 Å². The van der Waals surface area contributed by atoms with Crippen LogP contribution in [0.25, 0.3) is 0 Å². The normalized spacial score (nSPS) is 13.4. The van der Waals surface area contributed by atoms with E-state index in [9.17, 15) is 4.79 Å². The summed E-state index contributed by atoms with van der Waals surface area (Å²) in [6, 6.07) is 15.3. The van der Waals surface area contributed by atoms with Crippen LogP contribution in [0.2, 0.25) is 0 Å². The molecule has 0 aliphatic heterocycles. The molecule has 2 aromatic rings. The van der Waals surface area contributed by atoms with E-state index >= 15 is 0 Å². The van der Waals surface area contributed by atoms with Gasteiger partial charge in [0, 0.05) is 12.2 Å². The maximum atomic E-state index is 12.2. The summed E-state index contributed by atoms with van der Waals surface area (Å²) >= 11 is 0. The second-order valence-corrected chi connectivity index (χ2v) is 5.14. The van der Waals surface area contributed by atoms with Crippen LogP contribution in [0.5, 0.6) is 0 Å². The smallest absolute Gasteiger partial charge is 0.323 e. The molecule has 0 saturated carbocycles. The molecule has 22 heavy (non-hydrogen) atoms. The second kappa shape index (κ2) is 8.29. The zero-order valence-electron chi connectivity index (χ0n) is 13.0. The van der Waals surface area contributed by atoms with Crippen molar-refractivity contribution in [3.63, 3.8) is 0 Å². The van der Waals surface area contributed by atoms with Gasteiger partial charge in [0.15, 0.2) is 0 Å². The molecule has 0 unspecified atom stereocenters. The quantitative estimate of drug-likeness (QED) is 0.799. The summed E-state index contributed by atoms with van der Waals surface area (Å²) in [7, 11) is 0. The topological polar surface area (TPSA) is 51.2 Å². The number of carbonyl (C=O) groups is 1. The molecule has 1 N–H and O–H groups in total. The summed E-state index contributed by atoms with van der Waals surface area (Å²) < 4.78 is 5.19. The molecule has 0 aliphatic carbocycles. The van der Waals surface area contributed by atoms with Gasteiger partial charge in [-0.2, -0.15) is 0 Å². The third-order valence-electron chi connectivity index (χ3n) is 3.44. The molecule has 0 radical (unpaired) electrons. The fraction of sp³-hybridized carbons (Fsp3) is 0.333. The Bertz CT molecular complexity index is 572. The van der Waals surface area contributed by atoms with Gasteiger partial charge in [-0.3, -0.25) is 15.1 Å². The molecule has 0 amide bonds. The predicted molar refractivity (Wildman–Crippen MR) is 86.4 cm³/mol. The number of ether oxygens (including phenoxy) is 1. The van der Waals surface area contributed by atoms with Crippen LogP contribution in [0.3, 0.4) is 0 Å². The highest BCUT2D eigenvalue weighted by Crippen LogP contribution is 2.12. The molecular formula is C18H22N2O2. The summed E-state index contributed by atoms with van der Waals surface area (Å²) in [5, 5.41) is 3.33. The van der Waals surface area contributed by atoms with E-state index in [1.54, 1.807) is 6.20 Å². The molecule has 1 aromatic heterocycles. The van der Waals surface area contributed by atoms with Gasteiger partial charge < -0.3 is 4.74 Å². The van der Waals surface area contributed by atoms with Crippen molar-refractivity contribution in [2.75, 3.05) is 6.61 Å². The summed E-state index contributed by atoms with van der Waals surface area (Å²) in [4.78, 5) is 16.5. The van der Waals surface area contributed by atoms with Gasteiger partial charge >= 0.3 is 5.97 Å². The number of hydrogen-bond donors (Lipinski definition) is 1. The van der Waals surface area contributed by atoms with Crippen molar-refractivity contribution >= 4 is 5.97 Å². The van der Waals surface area contributed by atoms with Crippen LogP contribution in [0, 0.1) is 0 Å². The van der Waals surface area contributed by atoms with Gasteiger partial charge in [0.2, 0.25) is 0 Å². The van der Waals surface area contributed by atoms with E-state index in [4.69, 9.17) is 4.74 Å². The number of benzene rings is 1. The highest BCUT2D eigenvalue weighted by atomic mass is 16.5. The first kappa shape index (κ1) is 16.2. The third kappa shape index (κ3) is 4.67. The van der Waals surface area contributed by atoms with Gasteiger partial charge in [0.1, 0.15) is 6.04 Å². The highest BCUT2D eigenvalue weighted by molar-refractivity contribution is 5.76. The first-order valence-corrected chi connectivity index (χ1v) is 7.58. The number of aromatic nitrogens is 1. The van der Waals surface area contributed by atoms with Crippen molar-refractivity contribution < 1.29 is 9.53 Å². The minimum Gasteiger partial charge on any atom is -0.465 e. The average molecular weight is 298 g/mol. The lowest BCUT2D eigenvalue weighted by atomic mass is 10.0. The molecule has 0 fully saturated rings. The molecule has 2 rings (SSSR count). The SMILES string of the molecule is CCOC(=O)[C@H](Cc1ccccc1)N[C@H](C)c1ccccn1. The molecule has 0 bridgehead atoms.